The number of carbonyl (C=O) groups excluding carboxylic acids is 2. The largest absolute Gasteiger partial charge is 0.378 e. The summed E-state index contributed by atoms with van der Waals surface area (Å²) in [7, 11) is 0. The van der Waals surface area contributed by atoms with Crippen molar-refractivity contribution in [1.82, 2.24) is 4.90 Å². The molecule has 1 saturated carbocycles. The van der Waals surface area contributed by atoms with Crippen molar-refractivity contribution < 1.29 is 14.7 Å². The predicted octanol–water partition coefficient (Wildman–Crippen LogP) is 0.865. The molecule has 0 spiro atoms. The number of amides is 2. The van der Waals surface area contributed by atoms with Crippen molar-refractivity contribution in [3.63, 3.8) is 0 Å². The Kier molecular flexibility index (Phi) is 3.48. The van der Waals surface area contributed by atoms with Gasteiger partial charge in [0.2, 0.25) is 5.91 Å². The third-order valence-electron chi connectivity index (χ3n) is 5.04. The Morgan fingerprint density at radius 2 is 1.91 bits per heavy atom. The van der Waals surface area contributed by atoms with Crippen molar-refractivity contribution in [2.45, 2.75) is 43.6 Å². The van der Waals surface area contributed by atoms with Crippen LogP contribution in [-0.4, -0.2) is 40.5 Å². The van der Waals surface area contributed by atoms with Crippen LogP contribution in [-0.2, 0) is 15.0 Å². The third kappa shape index (κ3) is 2.29. The van der Waals surface area contributed by atoms with Crippen LogP contribution in [0, 0.1) is 6.92 Å². The zero-order chi connectivity index (χ0) is 16.0. The second-order valence-corrected chi connectivity index (χ2v) is 6.62. The lowest BCUT2D eigenvalue weighted by Crippen LogP contribution is -2.58. The highest BCUT2D eigenvalue weighted by molar-refractivity contribution is 5.93. The van der Waals surface area contributed by atoms with Crippen LogP contribution in [0.2, 0.25) is 0 Å². The summed E-state index contributed by atoms with van der Waals surface area (Å²) in [5.74, 6) is -0.730. The van der Waals surface area contributed by atoms with Gasteiger partial charge in [0, 0.05) is 6.54 Å². The van der Waals surface area contributed by atoms with Crippen molar-refractivity contribution in [3.05, 3.63) is 35.4 Å². The van der Waals surface area contributed by atoms with Crippen LogP contribution in [0.3, 0.4) is 0 Å². The van der Waals surface area contributed by atoms with Crippen LogP contribution < -0.4 is 5.73 Å². The van der Waals surface area contributed by atoms with E-state index < -0.39 is 16.9 Å². The van der Waals surface area contributed by atoms with E-state index in [2.05, 4.69) is 0 Å². The second kappa shape index (κ2) is 5.09. The molecule has 1 atom stereocenters. The van der Waals surface area contributed by atoms with Gasteiger partial charge in [0.15, 0.2) is 5.60 Å². The Balaban J connectivity index is 1.85. The molecule has 0 bridgehead atoms. The van der Waals surface area contributed by atoms with Gasteiger partial charge in [-0.05, 0) is 43.7 Å². The highest BCUT2D eigenvalue weighted by atomic mass is 16.3. The molecule has 2 amide bonds. The zero-order valence-electron chi connectivity index (χ0n) is 12.8. The number of aryl methyl sites for hydroxylation is 1. The minimum Gasteiger partial charge on any atom is -0.378 e. The van der Waals surface area contributed by atoms with Gasteiger partial charge >= 0.3 is 0 Å². The van der Waals surface area contributed by atoms with Gasteiger partial charge in [0.1, 0.15) is 0 Å². The summed E-state index contributed by atoms with van der Waals surface area (Å²) in [6.45, 7) is 2.59. The molecule has 1 heterocycles. The second-order valence-electron chi connectivity index (χ2n) is 6.62. The fraction of sp³-hybridized carbons (Fsp3) is 0.529. The maximum atomic E-state index is 13.0. The summed E-state index contributed by atoms with van der Waals surface area (Å²) in [5, 5.41) is 10.3. The van der Waals surface area contributed by atoms with Crippen LogP contribution in [0.5, 0.6) is 0 Å². The average molecular weight is 302 g/mol. The van der Waals surface area contributed by atoms with Crippen molar-refractivity contribution in [3.8, 4) is 0 Å². The maximum absolute atomic E-state index is 13.0. The Morgan fingerprint density at radius 3 is 2.50 bits per heavy atom. The lowest BCUT2D eigenvalue weighted by molar-refractivity contribution is -0.150. The fourth-order valence-corrected chi connectivity index (χ4v) is 3.55. The van der Waals surface area contributed by atoms with E-state index in [9.17, 15) is 14.7 Å². The molecule has 1 aliphatic carbocycles. The standard InChI is InChI=1S/C17H22N2O3/c1-12-5-2-3-6-13(12)16(8-9-16)15(21)19-10-4-7-17(22,11-19)14(18)20/h2-3,5-6,22H,4,7-11H2,1H3,(H2,18,20)/t17-/m1/s1. The minimum absolute atomic E-state index is 0.00873. The molecule has 118 valence electrons. The van der Waals surface area contributed by atoms with E-state index in [4.69, 9.17) is 5.73 Å². The molecule has 1 saturated heterocycles. The fourth-order valence-electron chi connectivity index (χ4n) is 3.55. The molecule has 3 N–H and O–H groups in total. The van der Waals surface area contributed by atoms with Crippen LogP contribution >= 0.6 is 0 Å². The monoisotopic (exact) mass is 302 g/mol. The van der Waals surface area contributed by atoms with Crippen molar-refractivity contribution in [2.75, 3.05) is 13.1 Å². The Morgan fingerprint density at radius 1 is 1.23 bits per heavy atom. The van der Waals surface area contributed by atoms with Gasteiger partial charge in [-0.2, -0.15) is 0 Å². The van der Waals surface area contributed by atoms with E-state index in [-0.39, 0.29) is 12.5 Å². The number of likely N-dealkylation sites (tertiary alicyclic amines) is 1. The van der Waals surface area contributed by atoms with E-state index in [0.29, 0.717) is 19.4 Å². The summed E-state index contributed by atoms with van der Waals surface area (Å²) < 4.78 is 0. The van der Waals surface area contributed by atoms with Crippen LogP contribution in [0.15, 0.2) is 24.3 Å². The molecule has 2 fully saturated rings. The topological polar surface area (TPSA) is 83.6 Å². The number of nitrogens with zero attached hydrogens (tertiary/aromatic N) is 1. The lowest BCUT2D eigenvalue weighted by Gasteiger charge is -2.39. The molecular formula is C17H22N2O3. The first-order valence-electron chi connectivity index (χ1n) is 7.77. The van der Waals surface area contributed by atoms with Crippen LogP contribution in [0.4, 0.5) is 0 Å². The van der Waals surface area contributed by atoms with E-state index in [1.807, 2.05) is 31.2 Å². The number of rotatable bonds is 3. The van der Waals surface area contributed by atoms with Gasteiger partial charge in [-0.25, -0.2) is 0 Å². The van der Waals surface area contributed by atoms with Crippen molar-refractivity contribution in [2.24, 2.45) is 5.73 Å². The summed E-state index contributed by atoms with van der Waals surface area (Å²) in [6, 6.07) is 7.93. The summed E-state index contributed by atoms with van der Waals surface area (Å²) in [4.78, 5) is 26.1. The number of hydrogen-bond donors (Lipinski definition) is 2. The highest BCUT2D eigenvalue weighted by Gasteiger charge is 2.55. The predicted molar refractivity (Wildman–Crippen MR) is 82.0 cm³/mol. The van der Waals surface area contributed by atoms with E-state index in [1.165, 1.54) is 0 Å². The number of hydrogen-bond acceptors (Lipinski definition) is 3. The number of primary amides is 1. The van der Waals surface area contributed by atoms with Crippen LogP contribution in [0.1, 0.15) is 36.8 Å². The number of piperidine rings is 1. The Bertz CT molecular complexity index is 624. The number of β-amino-alcohol motifs (C(OH)–C–C–N with tert-alkyl or cyclic N) is 1. The van der Waals surface area contributed by atoms with Gasteiger partial charge in [-0.15, -0.1) is 0 Å². The molecule has 2 aliphatic rings. The lowest BCUT2D eigenvalue weighted by atomic mass is 9.87. The molecule has 1 aromatic carbocycles. The molecule has 0 unspecified atom stereocenters. The first-order chi connectivity index (χ1) is 10.4. The number of carbonyl (C=O) groups is 2. The van der Waals surface area contributed by atoms with E-state index in [0.717, 1.165) is 24.0 Å². The third-order valence-corrected chi connectivity index (χ3v) is 5.04. The molecule has 22 heavy (non-hydrogen) atoms. The quantitative estimate of drug-likeness (QED) is 0.869. The molecule has 0 aromatic heterocycles. The zero-order valence-corrected chi connectivity index (χ0v) is 12.8. The number of aliphatic hydroxyl groups is 1. The molecule has 5 nitrogen and oxygen atoms in total. The Hall–Kier alpha value is -1.88. The molecule has 5 heteroatoms. The first-order valence-corrected chi connectivity index (χ1v) is 7.77. The smallest absolute Gasteiger partial charge is 0.251 e. The van der Waals surface area contributed by atoms with Gasteiger partial charge in [0.05, 0.1) is 12.0 Å². The molecule has 3 rings (SSSR count). The van der Waals surface area contributed by atoms with Crippen LogP contribution in [0.25, 0.3) is 0 Å². The highest BCUT2D eigenvalue weighted by Crippen LogP contribution is 2.51. The van der Waals surface area contributed by atoms with Crippen molar-refractivity contribution in [1.29, 1.82) is 0 Å². The minimum atomic E-state index is -1.59. The Labute approximate surface area is 130 Å². The summed E-state index contributed by atoms with van der Waals surface area (Å²) >= 11 is 0. The summed E-state index contributed by atoms with van der Waals surface area (Å²) in [5.41, 5.74) is 5.41. The van der Waals surface area contributed by atoms with E-state index in [1.54, 1.807) is 4.90 Å². The first kappa shape index (κ1) is 15.0. The van der Waals surface area contributed by atoms with E-state index >= 15 is 0 Å². The van der Waals surface area contributed by atoms with Crippen molar-refractivity contribution >= 4 is 11.8 Å². The van der Waals surface area contributed by atoms with Gasteiger partial charge in [-0.1, -0.05) is 24.3 Å². The summed E-state index contributed by atoms with van der Waals surface area (Å²) in [6.07, 6.45) is 2.56. The van der Waals surface area contributed by atoms with Gasteiger partial charge < -0.3 is 15.7 Å². The normalized spacial score (nSPS) is 26.5. The SMILES string of the molecule is Cc1ccccc1C1(C(=O)N2CCC[C@](O)(C(N)=O)C2)CC1. The van der Waals surface area contributed by atoms with Gasteiger partial charge in [-0.3, -0.25) is 9.59 Å². The molecule has 1 aliphatic heterocycles. The molecular weight excluding hydrogens is 280 g/mol. The number of benzene rings is 1. The van der Waals surface area contributed by atoms with Gasteiger partial charge in [0.25, 0.3) is 5.91 Å². The molecule has 0 radical (unpaired) electrons. The molecule has 1 aromatic rings. The maximum Gasteiger partial charge on any atom is 0.251 e. The number of nitrogens with two attached hydrogens (primary N) is 1. The average Bonchev–Trinajstić information content (AvgIpc) is 3.28.